The van der Waals surface area contributed by atoms with Crippen molar-refractivity contribution in [3.05, 3.63) is 64.4 Å². The summed E-state index contributed by atoms with van der Waals surface area (Å²) in [6.45, 7) is 5.70. The highest BCUT2D eigenvalue weighted by Gasteiger charge is 2.23. The molecule has 0 N–H and O–H groups in total. The van der Waals surface area contributed by atoms with Gasteiger partial charge in [0, 0.05) is 23.7 Å². The summed E-state index contributed by atoms with van der Waals surface area (Å²) in [4.78, 5) is 14.4. The van der Waals surface area contributed by atoms with Crippen LogP contribution in [-0.2, 0) is 16.7 Å². The van der Waals surface area contributed by atoms with Crippen LogP contribution in [0.1, 0.15) is 36.7 Å². The first kappa shape index (κ1) is 22.2. The second-order valence-corrected chi connectivity index (χ2v) is 9.04. The average molecular weight is 428 g/mol. The van der Waals surface area contributed by atoms with E-state index in [4.69, 9.17) is 15.8 Å². The molecule has 0 spiro atoms. The van der Waals surface area contributed by atoms with Gasteiger partial charge in [0.25, 0.3) is 5.91 Å². The van der Waals surface area contributed by atoms with Crippen LogP contribution >= 0.6 is 11.6 Å². The zero-order chi connectivity index (χ0) is 20.9. The van der Waals surface area contributed by atoms with Crippen molar-refractivity contribution in [2.75, 3.05) is 12.3 Å². The van der Waals surface area contributed by atoms with E-state index in [9.17, 15) is 17.6 Å². The smallest absolute Gasteiger partial charge is 0.308 e. The van der Waals surface area contributed by atoms with Crippen molar-refractivity contribution in [1.82, 2.24) is 4.90 Å². The Labute approximate surface area is 170 Å². The molecular formula is C20H23ClFNO4S. The molecule has 0 aliphatic carbocycles. The minimum atomic E-state index is -3.75. The molecule has 0 aliphatic rings. The van der Waals surface area contributed by atoms with Crippen LogP contribution in [-0.4, -0.2) is 31.5 Å². The molecule has 8 heteroatoms. The second-order valence-electron chi connectivity index (χ2n) is 6.74. The lowest BCUT2D eigenvalue weighted by molar-refractivity contribution is 0.0717. The van der Waals surface area contributed by atoms with Gasteiger partial charge in [0.15, 0.2) is 0 Å². The van der Waals surface area contributed by atoms with E-state index < -0.39 is 21.8 Å². The van der Waals surface area contributed by atoms with Crippen LogP contribution in [0, 0.1) is 11.7 Å². The number of hydrogen-bond acceptors (Lipinski definition) is 4. The number of hydrogen-bond donors (Lipinski definition) is 0. The number of amides is 1. The number of benzene rings is 2. The largest absolute Gasteiger partial charge is 0.382 e. The van der Waals surface area contributed by atoms with Gasteiger partial charge in [-0.3, -0.25) is 4.79 Å². The van der Waals surface area contributed by atoms with Gasteiger partial charge in [-0.05, 0) is 43.2 Å². The van der Waals surface area contributed by atoms with Crippen molar-refractivity contribution in [2.24, 2.45) is 5.92 Å². The monoisotopic (exact) mass is 427 g/mol. The van der Waals surface area contributed by atoms with Crippen LogP contribution in [0.5, 0.6) is 5.75 Å². The van der Waals surface area contributed by atoms with E-state index in [1.807, 2.05) is 13.8 Å². The van der Waals surface area contributed by atoms with Crippen LogP contribution in [0.25, 0.3) is 0 Å². The van der Waals surface area contributed by atoms with E-state index in [-0.39, 0.29) is 29.5 Å². The third-order valence-corrected chi connectivity index (χ3v) is 5.31. The van der Waals surface area contributed by atoms with Crippen LogP contribution in [0.2, 0.25) is 5.02 Å². The van der Waals surface area contributed by atoms with Gasteiger partial charge >= 0.3 is 10.1 Å². The molecule has 2 aromatic carbocycles. The summed E-state index contributed by atoms with van der Waals surface area (Å²) >= 11 is 6.06. The number of rotatable bonds is 8. The Balaban J connectivity index is 2.41. The molecule has 0 unspecified atom stereocenters. The molecular weight excluding hydrogens is 405 g/mol. The summed E-state index contributed by atoms with van der Waals surface area (Å²) in [6, 6.07) is 10.3. The molecule has 2 aromatic rings. The summed E-state index contributed by atoms with van der Waals surface area (Å²) in [5.74, 6) is -1.09. The molecule has 0 bridgehead atoms. The highest BCUT2D eigenvalue weighted by molar-refractivity contribution is 7.87. The summed E-state index contributed by atoms with van der Waals surface area (Å²) < 4.78 is 43.0. The number of nitrogens with zero attached hydrogens (tertiary/aromatic N) is 1. The molecule has 0 fully saturated rings. The summed E-state index contributed by atoms with van der Waals surface area (Å²) in [7, 11) is -3.75. The molecule has 0 saturated heterocycles. The van der Waals surface area contributed by atoms with Gasteiger partial charge in [-0.2, -0.15) is 8.42 Å². The zero-order valence-electron chi connectivity index (χ0n) is 16.0. The van der Waals surface area contributed by atoms with Gasteiger partial charge in [0.1, 0.15) is 11.6 Å². The number of carbonyl (C=O) groups is 1. The number of halogens is 2. The lowest BCUT2D eigenvalue weighted by Crippen LogP contribution is -2.34. The SMILES string of the molecule is CCS(=O)(=O)Oc1ccc(Cl)cc1CN(CC(C)C)C(=O)c1ccccc1F. The van der Waals surface area contributed by atoms with Gasteiger partial charge in [0.2, 0.25) is 0 Å². The molecule has 2 rings (SSSR count). The fraction of sp³-hybridized carbons (Fsp3) is 0.350. The van der Waals surface area contributed by atoms with Crippen molar-refractivity contribution in [3.63, 3.8) is 0 Å². The highest BCUT2D eigenvalue weighted by Crippen LogP contribution is 2.27. The summed E-state index contributed by atoms with van der Waals surface area (Å²) in [5.41, 5.74) is 0.378. The Morgan fingerprint density at radius 1 is 1.21 bits per heavy atom. The predicted molar refractivity (Wildman–Crippen MR) is 108 cm³/mol. The fourth-order valence-corrected chi connectivity index (χ4v) is 3.37. The Morgan fingerprint density at radius 3 is 2.50 bits per heavy atom. The van der Waals surface area contributed by atoms with Crippen LogP contribution in [0.3, 0.4) is 0 Å². The van der Waals surface area contributed by atoms with Crippen molar-refractivity contribution in [1.29, 1.82) is 0 Å². The molecule has 152 valence electrons. The van der Waals surface area contributed by atoms with E-state index in [2.05, 4.69) is 0 Å². The first-order chi connectivity index (χ1) is 13.1. The molecule has 1 amide bonds. The summed E-state index contributed by atoms with van der Waals surface area (Å²) in [5, 5.41) is 0.374. The van der Waals surface area contributed by atoms with E-state index in [0.29, 0.717) is 17.1 Å². The molecule has 28 heavy (non-hydrogen) atoms. The molecule has 5 nitrogen and oxygen atoms in total. The van der Waals surface area contributed by atoms with E-state index in [1.54, 1.807) is 12.1 Å². The maximum Gasteiger partial charge on any atom is 0.308 e. The number of carbonyl (C=O) groups excluding carboxylic acids is 1. The molecule has 0 aromatic heterocycles. The van der Waals surface area contributed by atoms with Crippen LogP contribution < -0.4 is 4.18 Å². The third-order valence-electron chi connectivity index (χ3n) is 3.93. The van der Waals surface area contributed by atoms with E-state index in [0.717, 1.165) is 0 Å². The van der Waals surface area contributed by atoms with E-state index >= 15 is 0 Å². The van der Waals surface area contributed by atoms with Gasteiger partial charge in [0.05, 0.1) is 11.3 Å². The topological polar surface area (TPSA) is 63.7 Å². The third kappa shape index (κ3) is 5.94. The normalized spacial score (nSPS) is 11.5. The van der Waals surface area contributed by atoms with Gasteiger partial charge in [-0.25, -0.2) is 4.39 Å². The Bertz CT molecular complexity index is 947. The lowest BCUT2D eigenvalue weighted by atomic mass is 10.1. The summed E-state index contributed by atoms with van der Waals surface area (Å²) in [6.07, 6.45) is 0. The predicted octanol–water partition coefficient (Wildman–Crippen LogP) is 4.51. The lowest BCUT2D eigenvalue weighted by Gasteiger charge is -2.26. The quantitative estimate of drug-likeness (QED) is 0.581. The fourth-order valence-electron chi connectivity index (χ4n) is 2.62. The van der Waals surface area contributed by atoms with Crippen molar-refractivity contribution in [3.8, 4) is 5.75 Å². The Morgan fingerprint density at radius 2 is 1.89 bits per heavy atom. The van der Waals surface area contributed by atoms with Crippen molar-refractivity contribution in [2.45, 2.75) is 27.3 Å². The van der Waals surface area contributed by atoms with Gasteiger partial charge < -0.3 is 9.08 Å². The average Bonchev–Trinajstić information content (AvgIpc) is 2.63. The van der Waals surface area contributed by atoms with Gasteiger partial charge in [-0.1, -0.05) is 37.6 Å². The minimum Gasteiger partial charge on any atom is -0.382 e. The molecule has 0 atom stereocenters. The second kappa shape index (κ2) is 9.39. The Hall–Kier alpha value is -2.12. The first-order valence-corrected chi connectivity index (χ1v) is 10.8. The highest BCUT2D eigenvalue weighted by atomic mass is 35.5. The standard InChI is InChI=1S/C20H23ClFNO4S/c1-4-28(25,26)27-19-10-9-16(21)11-15(19)13-23(12-14(2)3)20(24)17-7-5-6-8-18(17)22/h5-11,14H,4,12-13H2,1-3H3. The van der Waals surface area contributed by atoms with Crippen molar-refractivity contribution < 1.29 is 21.8 Å². The zero-order valence-corrected chi connectivity index (χ0v) is 17.6. The molecule has 0 saturated carbocycles. The van der Waals surface area contributed by atoms with Gasteiger partial charge in [-0.15, -0.1) is 0 Å². The maximum absolute atomic E-state index is 14.1. The first-order valence-electron chi connectivity index (χ1n) is 8.87. The van der Waals surface area contributed by atoms with Crippen LogP contribution in [0.4, 0.5) is 4.39 Å². The molecule has 0 radical (unpaired) electrons. The maximum atomic E-state index is 14.1. The van der Waals surface area contributed by atoms with Crippen LogP contribution in [0.15, 0.2) is 42.5 Å². The Kier molecular flexibility index (Phi) is 7.43. The van der Waals surface area contributed by atoms with E-state index in [1.165, 1.54) is 42.2 Å². The minimum absolute atomic E-state index is 0.0282. The molecule has 0 heterocycles. The molecule has 0 aliphatic heterocycles. The van der Waals surface area contributed by atoms with Crippen molar-refractivity contribution >= 4 is 27.6 Å².